The minimum atomic E-state index is -0.153. The molecule has 2 rings (SSSR count). The molecule has 0 N–H and O–H groups in total. The molecule has 0 radical (unpaired) electrons. The third-order valence-electron chi connectivity index (χ3n) is 2.75. The largest absolute Gasteiger partial charge is 0.485 e. The van der Waals surface area contributed by atoms with E-state index in [1.54, 1.807) is 12.1 Å². The summed E-state index contributed by atoms with van der Waals surface area (Å²) in [6, 6.07) is 7.41. The Balaban J connectivity index is 2.09. The van der Waals surface area contributed by atoms with Gasteiger partial charge in [0.1, 0.15) is 5.75 Å². The van der Waals surface area contributed by atoms with E-state index in [1.807, 2.05) is 32.9 Å². The first-order chi connectivity index (χ1) is 8.58. The molecule has 0 saturated carbocycles. The van der Waals surface area contributed by atoms with Gasteiger partial charge in [-0.15, -0.1) is 0 Å². The number of hydrogen-bond acceptors (Lipinski definition) is 3. The fraction of sp³-hybridized carbons (Fsp3) is 0.267. The molecule has 0 amide bonds. The van der Waals surface area contributed by atoms with Crippen molar-refractivity contribution in [2.45, 2.75) is 20.8 Å². The summed E-state index contributed by atoms with van der Waals surface area (Å²) >= 11 is 0. The maximum atomic E-state index is 11.7. The number of ether oxygens (including phenoxy) is 1. The zero-order valence-corrected chi connectivity index (χ0v) is 10.8. The highest BCUT2D eigenvalue weighted by Gasteiger charge is 2.11. The van der Waals surface area contributed by atoms with Crippen LogP contribution >= 0.6 is 0 Å². The topological polar surface area (TPSA) is 39.4 Å². The summed E-state index contributed by atoms with van der Waals surface area (Å²) in [6.45, 7) is 6.00. The van der Waals surface area contributed by atoms with E-state index in [0.29, 0.717) is 5.76 Å². The molecule has 3 nitrogen and oxygen atoms in total. The number of Topliss-reactive ketones (excluding diaryl/α,β-unsaturated/α-hetero) is 1. The van der Waals surface area contributed by atoms with Gasteiger partial charge in [0, 0.05) is 0 Å². The fourth-order valence-corrected chi connectivity index (χ4v) is 2.04. The lowest BCUT2D eigenvalue weighted by atomic mass is 10.1. The lowest BCUT2D eigenvalue weighted by molar-refractivity contribution is 0.0893. The number of rotatable bonds is 4. The molecule has 94 valence electrons. The van der Waals surface area contributed by atoms with Crippen molar-refractivity contribution < 1.29 is 13.9 Å². The first kappa shape index (κ1) is 12.4. The summed E-state index contributed by atoms with van der Waals surface area (Å²) in [5.74, 6) is 0.956. The van der Waals surface area contributed by atoms with E-state index in [9.17, 15) is 4.79 Å². The molecule has 1 heterocycles. The van der Waals surface area contributed by atoms with Crippen LogP contribution in [0.15, 0.2) is 34.9 Å². The van der Waals surface area contributed by atoms with E-state index < -0.39 is 0 Å². The molecular formula is C15H16O3. The molecule has 0 aliphatic carbocycles. The first-order valence-corrected chi connectivity index (χ1v) is 5.85. The Morgan fingerprint density at radius 1 is 1.22 bits per heavy atom. The molecule has 1 aromatic heterocycles. The SMILES string of the molecule is Cc1cc(C)c(OCC(=O)c2ccco2)c(C)c1. The van der Waals surface area contributed by atoms with Gasteiger partial charge in [0.2, 0.25) is 5.78 Å². The molecule has 0 spiro atoms. The Labute approximate surface area is 106 Å². The fourth-order valence-electron chi connectivity index (χ4n) is 2.04. The van der Waals surface area contributed by atoms with Gasteiger partial charge in [0.15, 0.2) is 12.4 Å². The zero-order valence-electron chi connectivity index (χ0n) is 10.8. The van der Waals surface area contributed by atoms with Crippen molar-refractivity contribution in [3.63, 3.8) is 0 Å². The van der Waals surface area contributed by atoms with Gasteiger partial charge >= 0.3 is 0 Å². The molecule has 0 unspecified atom stereocenters. The van der Waals surface area contributed by atoms with E-state index in [1.165, 1.54) is 11.8 Å². The van der Waals surface area contributed by atoms with Crippen LogP contribution < -0.4 is 4.74 Å². The van der Waals surface area contributed by atoms with Crippen molar-refractivity contribution in [3.8, 4) is 5.75 Å². The molecular weight excluding hydrogens is 228 g/mol. The van der Waals surface area contributed by atoms with Crippen molar-refractivity contribution in [3.05, 3.63) is 53.0 Å². The van der Waals surface area contributed by atoms with Crippen LogP contribution in [0.2, 0.25) is 0 Å². The highest BCUT2D eigenvalue weighted by molar-refractivity contribution is 5.94. The summed E-state index contributed by atoms with van der Waals surface area (Å²) in [4.78, 5) is 11.7. The molecule has 0 fully saturated rings. The third-order valence-corrected chi connectivity index (χ3v) is 2.75. The van der Waals surface area contributed by atoms with Gasteiger partial charge in [-0.3, -0.25) is 4.79 Å². The third kappa shape index (κ3) is 2.62. The molecule has 1 aromatic carbocycles. The second-order valence-electron chi connectivity index (χ2n) is 4.42. The molecule has 2 aromatic rings. The van der Waals surface area contributed by atoms with Crippen molar-refractivity contribution in [1.82, 2.24) is 0 Å². The highest BCUT2D eigenvalue weighted by Crippen LogP contribution is 2.24. The van der Waals surface area contributed by atoms with E-state index in [2.05, 4.69) is 0 Å². The van der Waals surface area contributed by atoms with Crippen LogP contribution in [-0.2, 0) is 0 Å². The summed E-state index contributed by atoms with van der Waals surface area (Å²) in [5, 5.41) is 0. The van der Waals surface area contributed by atoms with Gasteiger partial charge in [-0.2, -0.15) is 0 Å². The van der Waals surface area contributed by atoms with Crippen LogP contribution in [0, 0.1) is 20.8 Å². The van der Waals surface area contributed by atoms with E-state index in [0.717, 1.165) is 16.9 Å². The maximum Gasteiger partial charge on any atom is 0.235 e. The number of carbonyl (C=O) groups is 1. The minimum absolute atomic E-state index is 0.00173. The van der Waals surface area contributed by atoms with Crippen molar-refractivity contribution in [2.75, 3.05) is 6.61 Å². The first-order valence-electron chi connectivity index (χ1n) is 5.85. The Bertz CT molecular complexity index is 530. The van der Waals surface area contributed by atoms with Gasteiger partial charge in [-0.05, 0) is 44.0 Å². The molecule has 0 atom stereocenters. The monoisotopic (exact) mass is 244 g/mol. The molecule has 18 heavy (non-hydrogen) atoms. The second kappa shape index (κ2) is 5.08. The molecule has 0 bridgehead atoms. The number of benzene rings is 1. The van der Waals surface area contributed by atoms with Crippen LogP contribution in [0.4, 0.5) is 0 Å². The van der Waals surface area contributed by atoms with Crippen molar-refractivity contribution in [1.29, 1.82) is 0 Å². The number of aryl methyl sites for hydroxylation is 3. The standard InChI is InChI=1S/C15H16O3/c1-10-7-11(2)15(12(3)8-10)18-9-13(16)14-5-4-6-17-14/h4-8H,9H2,1-3H3. The lowest BCUT2D eigenvalue weighted by Gasteiger charge is -2.12. The van der Waals surface area contributed by atoms with Gasteiger partial charge in [-0.25, -0.2) is 0 Å². The summed E-state index contributed by atoms with van der Waals surface area (Å²) < 4.78 is 10.6. The second-order valence-corrected chi connectivity index (χ2v) is 4.42. The Morgan fingerprint density at radius 2 is 1.89 bits per heavy atom. The highest BCUT2D eigenvalue weighted by atomic mass is 16.5. The summed E-state index contributed by atoms with van der Waals surface area (Å²) in [6.07, 6.45) is 1.48. The van der Waals surface area contributed by atoms with Crippen LogP contribution in [0.5, 0.6) is 5.75 Å². The molecule has 3 heteroatoms. The predicted octanol–water partition coefficient (Wildman–Crippen LogP) is 3.47. The van der Waals surface area contributed by atoms with Crippen molar-refractivity contribution >= 4 is 5.78 Å². The minimum Gasteiger partial charge on any atom is -0.485 e. The maximum absolute atomic E-state index is 11.7. The van der Waals surface area contributed by atoms with E-state index >= 15 is 0 Å². The number of ketones is 1. The average molecular weight is 244 g/mol. The Kier molecular flexibility index (Phi) is 3.51. The predicted molar refractivity (Wildman–Crippen MR) is 69.2 cm³/mol. The van der Waals surface area contributed by atoms with Crippen LogP contribution in [-0.4, -0.2) is 12.4 Å². The molecule has 0 aliphatic rings. The quantitative estimate of drug-likeness (QED) is 0.773. The van der Waals surface area contributed by atoms with Crippen LogP contribution in [0.1, 0.15) is 27.2 Å². The van der Waals surface area contributed by atoms with Gasteiger partial charge in [0.05, 0.1) is 6.26 Å². The lowest BCUT2D eigenvalue weighted by Crippen LogP contribution is -2.12. The normalized spacial score (nSPS) is 10.4. The Morgan fingerprint density at radius 3 is 2.44 bits per heavy atom. The number of carbonyl (C=O) groups excluding carboxylic acids is 1. The summed E-state index contributed by atoms with van der Waals surface area (Å²) in [5.41, 5.74) is 3.27. The smallest absolute Gasteiger partial charge is 0.235 e. The zero-order chi connectivity index (χ0) is 13.1. The summed E-state index contributed by atoms with van der Waals surface area (Å²) in [7, 11) is 0. The van der Waals surface area contributed by atoms with Crippen LogP contribution in [0.25, 0.3) is 0 Å². The molecule has 0 aliphatic heterocycles. The van der Waals surface area contributed by atoms with Crippen molar-refractivity contribution in [2.24, 2.45) is 0 Å². The average Bonchev–Trinajstić information content (AvgIpc) is 2.80. The van der Waals surface area contributed by atoms with E-state index in [-0.39, 0.29) is 12.4 Å². The number of hydrogen-bond donors (Lipinski definition) is 0. The Hall–Kier alpha value is -2.03. The molecule has 0 saturated heterocycles. The van der Waals surface area contributed by atoms with Gasteiger partial charge in [0.25, 0.3) is 0 Å². The van der Waals surface area contributed by atoms with Crippen LogP contribution in [0.3, 0.4) is 0 Å². The number of furan rings is 1. The van der Waals surface area contributed by atoms with E-state index in [4.69, 9.17) is 9.15 Å². The van der Waals surface area contributed by atoms with Gasteiger partial charge < -0.3 is 9.15 Å². The van der Waals surface area contributed by atoms with Gasteiger partial charge in [-0.1, -0.05) is 17.7 Å².